The number of rotatable bonds is 7. The van der Waals surface area contributed by atoms with Crippen molar-refractivity contribution >= 4 is 18.8 Å². The number of aryl methyl sites for hydroxylation is 1. The Balaban J connectivity index is 2.21. The van der Waals surface area contributed by atoms with Gasteiger partial charge in [0.25, 0.3) is 0 Å². The van der Waals surface area contributed by atoms with Gasteiger partial charge in [-0.15, -0.1) is 0 Å². The van der Waals surface area contributed by atoms with Gasteiger partial charge in [-0.05, 0) is 49.7 Å². The summed E-state index contributed by atoms with van der Waals surface area (Å²) in [7, 11) is -1.66. The number of methoxy groups -OCH3 is 1. The SMILES string of the molecule is CCOP(C)(=O)c1cc(C#Cc2ccc(OCC(=O)OC)cc2)cc(CC)n1. The molecule has 2 aromatic rings. The minimum atomic E-state index is -2.97. The van der Waals surface area contributed by atoms with Gasteiger partial charge in [0.15, 0.2) is 6.61 Å². The van der Waals surface area contributed by atoms with Crippen LogP contribution in [0.2, 0.25) is 0 Å². The second kappa shape index (κ2) is 10.1. The zero-order chi connectivity index (χ0) is 20.6. The zero-order valence-electron chi connectivity index (χ0n) is 16.5. The molecule has 0 N–H and O–H groups in total. The first-order valence-electron chi connectivity index (χ1n) is 8.93. The van der Waals surface area contributed by atoms with E-state index in [1.807, 2.05) is 13.0 Å². The van der Waals surface area contributed by atoms with E-state index in [0.717, 1.165) is 16.8 Å². The molecule has 7 heteroatoms. The fraction of sp³-hybridized carbons (Fsp3) is 0.333. The van der Waals surface area contributed by atoms with Crippen molar-refractivity contribution in [2.75, 3.05) is 27.0 Å². The van der Waals surface area contributed by atoms with Crippen LogP contribution in [0.5, 0.6) is 5.75 Å². The highest BCUT2D eigenvalue weighted by Crippen LogP contribution is 2.40. The molecule has 0 saturated heterocycles. The van der Waals surface area contributed by atoms with Crippen LogP contribution in [0.15, 0.2) is 36.4 Å². The number of pyridine rings is 1. The lowest BCUT2D eigenvalue weighted by Crippen LogP contribution is -2.14. The molecule has 0 fully saturated rings. The van der Waals surface area contributed by atoms with Gasteiger partial charge < -0.3 is 14.0 Å². The summed E-state index contributed by atoms with van der Waals surface area (Å²) in [6.07, 6.45) is 0.709. The van der Waals surface area contributed by atoms with Gasteiger partial charge in [-0.2, -0.15) is 0 Å². The highest BCUT2D eigenvalue weighted by atomic mass is 31.2. The van der Waals surface area contributed by atoms with E-state index < -0.39 is 13.3 Å². The number of benzene rings is 1. The lowest BCUT2D eigenvalue weighted by atomic mass is 10.1. The van der Waals surface area contributed by atoms with Gasteiger partial charge in [0.05, 0.1) is 13.7 Å². The smallest absolute Gasteiger partial charge is 0.343 e. The molecular weight excluding hydrogens is 377 g/mol. The Bertz CT molecular complexity index is 928. The minimum absolute atomic E-state index is 0.141. The standard InChI is InChI=1S/C21H24NO5P/c1-5-18-13-17(14-20(22-18)28(4,24)27-6-2)8-7-16-9-11-19(12-10-16)26-15-21(23)25-3/h9-14H,5-6,15H2,1-4H3. The van der Waals surface area contributed by atoms with Gasteiger partial charge in [0.1, 0.15) is 11.2 Å². The number of hydrogen-bond donors (Lipinski definition) is 0. The largest absolute Gasteiger partial charge is 0.482 e. The Hall–Kier alpha value is -2.61. The maximum Gasteiger partial charge on any atom is 0.343 e. The maximum absolute atomic E-state index is 12.7. The number of carbonyl (C=O) groups is 1. The average molecular weight is 401 g/mol. The Labute approximate surface area is 165 Å². The first-order valence-corrected chi connectivity index (χ1v) is 11.0. The van der Waals surface area contributed by atoms with Crippen LogP contribution >= 0.6 is 7.37 Å². The minimum Gasteiger partial charge on any atom is -0.482 e. The van der Waals surface area contributed by atoms with Gasteiger partial charge >= 0.3 is 5.97 Å². The summed E-state index contributed by atoms with van der Waals surface area (Å²) in [5.74, 6) is 6.27. The van der Waals surface area contributed by atoms with Gasteiger partial charge in [-0.1, -0.05) is 18.8 Å². The summed E-state index contributed by atoms with van der Waals surface area (Å²) in [4.78, 5) is 15.5. The lowest BCUT2D eigenvalue weighted by Gasteiger charge is -2.13. The Morgan fingerprint density at radius 3 is 2.39 bits per heavy atom. The van der Waals surface area contributed by atoms with E-state index in [2.05, 4.69) is 21.6 Å². The third-order valence-corrected chi connectivity index (χ3v) is 5.62. The molecule has 6 nitrogen and oxygen atoms in total. The maximum atomic E-state index is 12.7. The second-order valence-electron chi connectivity index (χ2n) is 5.96. The molecule has 148 valence electrons. The van der Waals surface area contributed by atoms with E-state index in [-0.39, 0.29) is 6.61 Å². The van der Waals surface area contributed by atoms with Crippen LogP contribution < -0.4 is 10.2 Å². The van der Waals surface area contributed by atoms with Gasteiger partial charge in [0, 0.05) is 23.5 Å². The van der Waals surface area contributed by atoms with Crippen LogP contribution in [-0.4, -0.2) is 37.9 Å². The van der Waals surface area contributed by atoms with Crippen molar-refractivity contribution in [1.29, 1.82) is 0 Å². The Morgan fingerprint density at radius 2 is 1.79 bits per heavy atom. The molecule has 1 atom stereocenters. The summed E-state index contributed by atoms with van der Waals surface area (Å²) in [5, 5.41) is 0. The van der Waals surface area contributed by atoms with E-state index in [9.17, 15) is 9.36 Å². The predicted molar refractivity (Wildman–Crippen MR) is 108 cm³/mol. The number of ether oxygens (including phenoxy) is 2. The zero-order valence-corrected chi connectivity index (χ0v) is 17.4. The molecule has 0 bridgehead atoms. The topological polar surface area (TPSA) is 74.7 Å². The summed E-state index contributed by atoms with van der Waals surface area (Å²) in [5.41, 5.74) is 2.76. The van der Waals surface area contributed by atoms with Crippen LogP contribution in [0, 0.1) is 11.8 Å². The molecule has 1 heterocycles. The molecule has 0 radical (unpaired) electrons. The molecule has 0 amide bonds. The molecule has 0 spiro atoms. The van der Waals surface area contributed by atoms with E-state index in [1.165, 1.54) is 7.11 Å². The number of aromatic nitrogens is 1. The first-order chi connectivity index (χ1) is 13.4. The van der Waals surface area contributed by atoms with Crippen LogP contribution in [0.1, 0.15) is 30.7 Å². The fourth-order valence-corrected chi connectivity index (χ4v) is 3.63. The Morgan fingerprint density at radius 1 is 1.11 bits per heavy atom. The predicted octanol–water partition coefficient (Wildman–Crippen LogP) is 3.17. The molecule has 28 heavy (non-hydrogen) atoms. The number of esters is 1. The lowest BCUT2D eigenvalue weighted by molar-refractivity contribution is -0.142. The summed E-state index contributed by atoms with van der Waals surface area (Å²) < 4.78 is 27.9. The summed E-state index contributed by atoms with van der Waals surface area (Å²) >= 11 is 0. The summed E-state index contributed by atoms with van der Waals surface area (Å²) in [6.45, 7) is 5.58. The second-order valence-corrected chi connectivity index (χ2v) is 8.37. The molecule has 0 aliphatic carbocycles. The number of hydrogen-bond acceptors (Lipinski definition) is 6. The van der Waals surface area contributed by atoms with Gasteiger partial charge in [0.2, 0.25) is 7.37 Å². The monoisotopic (exact) mass is 401 g/mol. The molecule has 0 saturated carbocycles. The van der Waals surface area contributed by atoms with Crippen molar-refractivity contribution < 1.29 is 23.4 Å². The van der Waals surface area contributed by atoms with Crippen LogP contribution in [-0.2, 0) is 25.0 Å². The van der Waals surface area contributed by atoms with Crippen molar-refractivity contribution in [3.8, 4) is 17.6 Å². The van der Waals surface area contributed by atoms with E-state index in [0.29, 0.717) is 24.2 Å². The third-order valence-electron chi connectivity index (χ3n) is 3.81. The first kappa shape index (κ1) is 21.7. The van der Waals surface area contributed by atoms with Gasteiger partial charge in [-0.25, -0.2) is 9.78 Å². The Kier molecular flexibility index (Phi) is 7.80. The van der Waals surface area contributed by atoms with Crippen molar-refractivity contribution in [3.63, 3.8) is 0 Å². The van der Waals surface area contributed by atoms with E-state index in [1.54, 1.807) is 43.9 Å². The molecule has 1 aromatic heterocycles. The normalized spacial score (nSPS) is 12.4. The molecule has 0 aliphatic heterocycles. The van der Waals surface area contributed by atoms with Crippen molar-refractivity contribution in [2.45, 2.75) is 20.3 Å². The number of nitrogens with zero attached hydrogens (tertiary/aromatic N) is 1. The molecule has 1 aromatic carbocycles. The highest BCUT2D eigenvalue weighted by molar-refractivity contribution is 7.65. The molecular formula is C21H24NO5P. The number of carbonyl (C=O) groups excluding carboxylic acids is 1. The van der Waals surface area contributed by atoms with Gasteiger partial charge in [-0.3, -0.25) is 4.57 Å². The van der Waals surface area contributed by atoms with Crippen LogP contribution in [0.25, 0.3) is 0 Å². The van der Waals surface area contributed by atoms with Crippen LogP contribution in [0.4, 0.5) is 0 Å². The summed E-state index contributed by atoms with van der Waals surface area (Å²) in [6, 6.07) is 10.7. The molecule has 0 aliphatic rings. The fourth-order valence-electron chi connectivity index (χ4n) is 2.33. The molecule has 2 rings (SSSR count). The quantitative estimate of drug-likeness (QED) is 0.403. The van der Waals surface area contributed by atoms with Crippen molar-refractivity contribution in [1.82, 2.24) is 4.98 Å². The average Bonchev–Trinajstić information content (AvgIpc) is 2.70. The third kappa shape index (κ3) is 6.23. The molecule has 1 unspecified atom stereocenters. The van der Waals surface area contributed by atoms with Crippen LogP contribution in [0.3, 0.4) is 0 Å². The highest BCUT2D eigenvalue weighted by Gasteiger charge is 2.21. The van der Waals surface area contributed by atoms with E-state index >= 15 is 0 Å². The van der Waals surface area contributed by atoms with Crippen molar-refractivity contribution in [2.24, 2.45) is 0 Å². The van der Waals surface area contributed by atoms with E-state index in [4.69, 9.17) is 9.26 Å². The van der Waals surface area contributed by atoms with Crippen molar-refractivity contribution in [3.05, 3.63) is 53.2 Å².